The predicted octanol–water partition coefficient (Wildman–Crippen LogP) is 3.41. The first-order valence-electron chi connectivity index (χ1n) is 7.84. The summed E-state index contributed by atoms with van der Waals surface area (Å²) >= 11 is 0. The molecule has 1 amide bonds. The maximum absolute atomic E-state index is 12.8. The Kier molecular flexibility index (Phi) is 3.15. The Morgan fingerprint density at radius 2 is 2.00 bits per heavy atom. The van der Waals surface area contributed by atoms with Crippen LogP contribution in [0.15, 0.2) is 36.4 Å². The van der Waals surface area contributed by atoms with Crippen LogP contribution >= 0.6 is 0 Å². The lowest BCUT2D eigenvalue weighted by Gasteiger charge is -2.09. The Hall–Kier alpha value is -2.69. The SMILES string of the molecule is Cc1nn(C)c2nc(C3CC3)cc(C(=O)Nc3ccccc3)c12. The van der Waals surface area contributed by atoms with Crippen molar-refractivity contribution >= 4 is 22.6 Å². The van der Waals surface area contributed by atoms with Gasteiger partial charge in [-0.25, -0.2) is 4.98 Å². The fourth-order valence-corrected chi connectivity index (χ4v) is 2.95. The molecule has 2 heterocycles. The third-order valence-electron chi connectivity index (χ3n) is 4.26. The number of rotatable bonds is 3. The minimum atomic E-state index is -0.110. The standard InChI is InChI=1S/C18H18N4O/c1-11-16-14(18(23)19-13-6-4-3-5-7-13)10-15(12-8-9-12)20-17(16)22(2)21-11/h3-7,10,12H,8-9H2,1-2H3,(H,19,23). The van der Waals surface area contributed by atoms with Crippen molar-refractivity contribution in [1.82, 2.24) is 14.8 Å². The van der Waals surface area contributed by atoms with Gasteiger partial charge in [0.15, 0.2) is 5.65 Å². The van der Waals surface area contributed by atoms with Gasteiger partial charge in [0.2, 0.25) is 0 Å². The maximum Gasteiger partial charge on any atom is 0.256 e. The third kappa shape index (κ3) is 2.48. The molecular formula is C18H18N4O. The van der Waals surface area contributed by atoms with Crippen molar-refractivity contribution in [3.8, 4) is 0 Å². The lowest BCUT2D eigenvalue weighted by atomic mass is 10.1. The molecule has 1 fully saturated rings. The minimum Gasteiger partial charge on any atom is -0.322 e. The number of aromatic nitrogens is 3. The summed E-state index contributed by atoms with van der Waals surface area (Å²) in [6.07, 6.45) is 2.30. The molecule has 3 aromatic rings. The van der Waals surface area contributed by atoms with Gasteiger partial charge in [0.1, 0.15) is 0 Å². The summed E-state index contributed by atoms with van der Waals surface area (Å²) in [5.74, 6) is 0.375. The highest BCUT2D eigenvalue weighted by atomic mass is 16.1. The van der Waals surface area contributed by atoms with Gasteiger partial charge in [0.25, 0.3) is 5.91 Å². The Labute approximate surface area is 134 Å². The first kappa shape index (κ1) is 13.9. The van der Waals surface area contributed by atoms with E-state index in [1.807, 2.05) is 50.4 Å². The van der Waals surface area contributed by atoms with Crippen LogP contribution in [0, 0.1) is 6.92 Å². The first-order chi connectivity index (χ1) is 11.1. The second kappa shape index (κ2) is 5.19. The molecule has 0 radical (unpaired) electrons. The molecule has 1 aliphatic carbocycles. The van der Waals surface area contributed by atoms with Crippen LogP contribution in [0.2, 0.25) is 0 Å². The number of hydrogen-bond donors (Lipinski definition) is 1. The van der Waals surface area contributed by atoms with E-state index in [-0.39, 0.29) is 5.91 Å². The molecule has 5 heteroatoms. The van der Waals surface area contributed by atoms with Crippen LogP contribution in [0.5, 0.6) is 0 Å². The van der Waals surface area contributed by atoms with E-state index < -0.39 is 0 Å². The number of nitrogens with zero attached hydrogens (tertiary/aromatic N) is 3. The van der Waals surface area contributed by atoms with Crippen molar-refractivity contribution < 1.29 is 4.79 Å². The van der Waals surface area contributed by atoms with Gasteiger partial charge < -0.3 is 5.32 Å². The molecule has 23 heavy (non-hydrogen) atoms. The average molecular weight is 306 g/mol. The molecular weight excluding hydrogens is 288 g/mol. The molecule has 0 spiro atoms. The number of pyridine rings is 1. The van der Waals surface area contributed by atoms with E-state index in [4.69, 9.17) is 4.98 Å². The molecule has 5 nitrogen and oxygen atoms in total. The van der Waals surface area contributed by atoms with Gasteiger partial charge in [-0.1, -0.05) is 18.2 Å². The molecule has 1 N–H and O–H groups in total. The van der Waals surface area contributed by atoms with Crippen molar-refractivity contribution in [3.63, 3.8) is 0 Å². The molecule has 2 aromatic heterocycles. The fraction of sp³-hybridized carbons (Fsp3) is 0.278. The van der Waals surface area contributed by atoms with Gasteiger partial charge >= 0.3 is 0 Å². The van der Waals surface area contributed by atoms with Crippen LogP contribution in [-0.2, 0) is 7.05 Å². The van der Waals surface area contributed by atoms with E-state index in [2.05, 4.69) is 10.4 Å². The molecule has 116 valence electrons. The summed E-state index contributed by atoms with van der Waals surface area (Å²) in [4.78, 5) is 17.5. The molecule has 0 aliphatic heterocycles. The number of carbonyl (C=O) groups is 1. The molecule has 0 bridgehead atoms. The van der Waals surface area contributed by atoms with Crippen LogP contribution < -0.4 is 5.32 Å². The number of aryl methyl sites for hydroxylation is 2. The summed E-state index contributed by atoms with van der Waals surface area (Å²) in [5.41, 5.74) is 4.06. The largest absolute Gasteiger partial charge is 0.322 e. The zero-order valence-electron chi connectivity index (χ0n) is 13.2. The molecule has 4 rings (SSSR count). The van der Waals surface area contributed by atoms with Gasteiger partial charge in [-0.2, -0.15) is 5.10 Å². The number of para-hydroxylation sites is 1. The summed E-state index contributed by atoms with van der Waals surface area (Å²) in [6.45, 7) is 1.92. The highest BCUT2D eigenvalue weighted by Gasteiger charge is 2.28. The van der Waals surface area contributed by atoms with Crippen molar-refractivity contribution in [3.05, 3.63) is 53.3 Å². The summed E-state index contributed by atoms with van der Waals surface area (Å²) in [7, 11) is 1.87. The molecule has 1 saturated carbocycles. The van der Waals surface area contributed by atoms with Gasteiger partial charge in [-0.3, -0.25) is 9.48 Å². The quantitative estimate of drug-likeness (QED) is 0.806. The lowest BCUT2D eigenvalue weighted by Crippen LogP contribution is -2.13. The van der Waals surface area contributed by atoms with Crippen molar-refractivity contribution in [2.24, 2.45) is 7.05 Å². The van der Waals surface area contributed by atoms with Crippen LogP contribution in [0.3, 0.4) is 0 Å². The van der Waals surface area contributed by atoms with Gasteiger partial charge in [0, 0.05) is 24.3 Å². The van der Waals surface area contributed by atoms with Crippen LogP contribution in [0.1, 0.15) is 40.5 Å². The highest BCUT2D eigenvalue weighted by molar-refractivity contribution is 6.12. The number of amides is 1. The number of fused-ring (bicyclic) bond motifs is 1. The van der Waals surface area contributed by atoms with Gasteiger partial charge in [-0.05, 0) is 38.0 Å². The van der Waals surface area contributed by atoms with Crippen molar-refractivity contribution in [1.29, 1.82) is 0 Å². The molecule has 0 unspecified atom stereocenters. The number of hydrogen-bond acceptors (Lipinski definition) is 3. The monoisotopic (exact) mass is 306 g/mol. The third-order valence-corrected chi connectivity index (χ3v) is 4.26. The number of anilines is 1. The highest BCUT2D eigenvalue weighted by Crippen LogP contribution is 2.40. The second-order valence-corrected chi connectivity index (χ2v) is 6.10. The minimum absolute atomic E-state index is 0.110. The zero-order chi connectivity index (χ0) is 16.0. The van der Waals surface area contributed by atoms with Gasteiger partial charge in [-0.15, -0.1) is 0 Å². The first-order valence-corrected chi connectivity index (χ1v) is 7.84. The Balaban J connectivity index is 1.82. The summed E-state index contributed by atoms with van der Waals surface area (Å²) in [6, 6.07) is 11.4. The molecule has 1 aliphatic rings. The molecule has 1 aromatic carbocycles. The lowest BCUT2D eigenvalue weighted by molar-refractivity contribution is 0.102. The topological polar surface area (TPSA) is 59.8 Å². The Morgan fingerprint density at radius 3 is 2.70 bits per heavy atom. The van der Waals surface area contributed by atoms with E-state index in [9.17, 15) is 4.79 Å². The van der Waals surface area contributed by atoms with Gasteiger partial charge in [0.05, 0.1) is 16.6 Å². The number of benzene rings is 1. The van der Waals surface area contributed by atoms with Crippen LogP contribution in [0.25, 0.3) is 11.0 Å². The van der Waals surface area contributed by atoms with Crippen molar-refractivity contribution in [2.45, 2.75) is 25.7 Å². The maximum atomic E-state index is 12.8. The number of nitrogens with one attached hydrogen (secondary N) is 1. The summed E-state index contributed by atoms with van der Waals surface area (Å²) in [5, 5.41) is 8.24. The fourth-order valence-electron chi connectivity index (χ4n) is 2.95. The van der Waals surface area contributed by atoms with E-state index in [1.54, 1.807) is 4.68 Å². The summed E-state index contributed by atoms with van der Waals surface area (Å²) < 4.78 is 1.76. The predicted molar refractivity (Wildman–Crippen MR) is 89.6 cm³/mol. The molecule has 0 atom stereocenters. The normalized spacial score (nSPS) is 14.2. The molecule has 0 saturated heterocycles. The van der Waals surface area contributed by atoms with Crippen molar-refractivity contribution in [2.75, 3.05) is 5.32 Å². The van der Waals surface area contributed by atoms with E-state index in [0.717, 1.165) is 41.0 Å². The second-order valence-electron chi connectivity index (χ2n) is 6.10. The van der Waals surface area contributed by atoms with E-state index >= 15 is 0 Å². The van der Waals surface area contributed by atoms with Crippen LogP contribution in [-0.4, -0.2) is 20.7 Å². The Morgan fingerprint density at radius 1 is 1.26 bits per heavy atom. The van der Waals surface area contributed by atoms with E-state index in [1.165, 1.54) is 0 Å². The Bertz CT molecular complexity index is 894. The zero-order valence-corrected chi connectivity index (χ0v) is 13.2. The smallest absolute Gasteiger partial charge is 0.256 e. The number of carbonyl (C=O) groups excluding carboxylic acids is 1. The average Bonchev–Trinajstić information content (AvgIpc) is 3.35. The van der Waals surface area contributed by atoms with E-state index in [0.29, 0.717) is 11.5 Å². The van der Waals surface area contributed by atoms with Crippen LogP contribution in [0.4, 0.5) is 5.69 Å².